The highest BCUT2D eigenvalue weighted by atomic mass is 35.5. The number of aromatic nitrogens is 2. The van der Waals surface area contributed by atoms with E-state index in [-0.39, 0.29) is 4.90 Å². The SMILES string of the molecule is CCN(CCOCCCl)S(=O)(=O)c1c(C)n[nH]c1C. The van der Waals surface area contributed by atoms with Crippen LogP contribution >= 0.6 is 11.6 Å². The van der Waals surface area contributed by atoms with E-state index in [9.17, 15) is 8.42 Å². The van der Waals surface area contributed by atoms with E-state index in [1.54, 1.807) is 20.8 Å². The first kappa shape index (κ1) is 16.4. The smallest absolute Gasteiger partial charge is 0.246 e. The molecule has 0 aliphatic carbocycles. The Balaban J connectivity index is 2.85. The van der Waals surface area contributed by atoms with Crippen LogP contribution < -0.4 is 0 Å². The number of alkyl halides is 1. The van der Waals surface area contributed by atoms with Gasteiger partial charge in [0.1, 0.15) is 4.90 Å². The second-order valence-corrected chi connectivity index (χ2v) is 6.31. The number of nitrogens with zero attached hydrogens (tertiary/aromatic N) is 2. The molecule has 0 atom stereocenters. The van der Waals surface area contributed by atoms with Crippen molar-refractivity contribution in [2.75, 3.05) is 32.2 Å². The van der Waals surface area contributed by atoms with E-state index in [1.807, 2.05) is 0 Å². The van der Waals surface area contributed by atoms with Crippen molar-refractivity contribution in [2.24, 2.45) is 0 Å². The molecule has 1 heterocycles. The van der Waals surface area contributed by atoms with Gasteiger partial charge in [0, 0.05) is 19.0 Å². The van der Waals surface area contributed by atoms with Gasteiger partial charge in [-0.25, -0.2) is 8.42 Å². The zero-order valence-electron chi connectivity index (χ0n) is 11.4. The number of aryl methyl sites for hydroxylation is 2. The Bertz CT molecular complexity index is 482. The summed E-state index contributed by atoms with van der Waals surface area (Å²) in [5.74, 6) is 0.402. The number of hydrogen-bond donors (Lipinski definition) is 1. The van der Waals surface area contributed by atoms with Gasteiger partial charge in [-0.2, -0.15) is 9.40 Å². The number of nitrogens with one attached hydrogen (secondary N) is 1. The lowest BCUT2D eigenvalue weighted by Crippen LogP contribution is -2.34. The average Bonchev–Trinajstić information content (AvgIpc) is 2.69. The van der Waals surface area contributed by atoms with Gasteiger partial charge in [-0.15, -0.1) is 11.6 Å². The van der Waals surface area contributed by atoms with Gasteiger partial charge >= 0.3 is 0 Å². The molecule has 0 aliphatic heterocycles. The summed E-state index contributed by atoms with van der Waals surface area (Å²) in [6.07, 6.45) is 0. The highest BCUT2D eigenvalue weighted by Crippen LogP contribution is 2.21. The number of rotatable bonds is 8. The second kappa shape index (κ2) is 7.23. The molecule has 0 saturated heterocycles. The summed E-state index contributed by atoms with van der Waals surface area (Å²) in [5.41, 5.74) is 1.04. The van der Waals surface area contributed by atoms with Gasteiger partial charge < -0.3 is 4.74 Å². The molecule has 8 heteroatoms. The zero-order chi connectivity index (χ0) is 14.5. The fourth-order valence-electron chi connectivity index (χ4n) is 1.82. The number of ether oxygens (including phenoxy) is 1. The minimum Gasteiger partial charge on any atom is -0.379 e. The summed E-state index contributed by atoms with van der Waals surface area (Å²) in [6, 6.07) is 0. The third-order valence-electron chi connectivity index (χ3n) is 2.72. The van der Waals surface area contributed by atoms with Gasteiger partial charge in [0.2, 0.25) is 10.0 Å². The van der Waals surface area contributed by atoms with Gasteiger partial charge in [0.25, 0.3) is 0 Å². The van der Waals surface area contributed by atoms with Crippen LogP contribution in [0.5, 0.6) is 0 Å². The Kier molecular flexibility index (Phi) is 6.25. The predicted molar refractivity (Wildman–Crippen MR) is 74.0 cm³/mol. The molecule has 0 unspecified atom stereocenters. The van der Waals surface area contributed by atoms with E-state index in [4.69, 9.17) is 16.3 Å². The van der Waals surface area contributed by atoms with Crippen molar-refractivity contribution in [1.82, 2.24) is 14.5 Å². The molecule has 1 rings (SSSR count). The summed E-state index contributed by atoms with van der Waals surface area (Å²) in [7, 11) is -3.53. The van der Waals surface area contributed by atoms with Crippen LogP contribution in [0.2, 0.25) is 0 Å². The minimum atomic E-state index is -3.53. The Morgan fingerprint density at radius 1 is 1.37 bits per heavy atom. The molecule has 0 aromatic carbocycles. The third kappa shape index (κ3) is 3.92. The van der Waals surface area contributed by atoms with Crippen LogP contribution in [0.1, 0.15) is 18.3 Å². The quantitative estimate of drug-likeness (QED) is 0.580. The molecule has 0 bridgehead atoms. The number of hydrogen-bond acceptors (Lipinski definition) is 4. The summed E-state index contributed by atoms with van der Waals surface area (Å²) >= 11 is 5.49. The molecule has 1 aromatic rings. The van der Waals surface area contributed by atoms with E-state index >= 15 is 0 Å². The monoisotopic (exact) mass is 309 g/mol. The van der Waals surface area contributed by atoms with Crippen molar-refractivity contribution >= 4 is 21.6 Å². The van der Waals surface area contributed by atoms with Gasteiger partial charge in [0.15, 0.2) is 0 Å². The van der Waals surface area contributed by atoms with E-state index in [2.05, 4.69) is 10.2 Å². The lowest BCUT2D eigenvalue weighted by Gasteiger charge is -2.20. The molecule has 19 heavy (non-hydrogen) atoms. The predicted octanol–water partition coefficient (Wildman–Crippen LogP) is 1.29. The van der Waals surface area contributed by atoms with Crippen molar-refractivity contribution in [3.8, 4) is 0 Å². The summed E-state index contributed by atoms with van der Waals surface area (Å²) in [4.78, 5) is 0.256. The molecule has 0 saturated carbocycles. The molecule has 0 spiro atoms. The molecular formula is C11H20ClN3O3S. The molecule has 0 fully saturated rings. The van der Waals surface area contributed by atoms with Gasteiger partial charge in [-0.1, -0.05) is 6.92 Å². The van der Waals surface area contributed by atoms with Crippen LogP contribution in [0.3, 0.4) is 0 Å². The second-order valence-electron chi connectivity index (χ2n) is 4.06. The Labute approximate surface area is 119 Å². The van der Waals surface area contributed by atoms with Crippen LogP contribution in [0.4, 0.5) is 0 Å². The molecule has 0 amide bonds. The summed E-state index contributed by atoms with van der Waals surface area (Å²) in [5, 5.41) is 6.62. The molecule has 0 aliphatic rings. The molecule has 6 nitrogen and oxygen atoms in total. The van der Waals surface area contributed by atoms with Crippen LogP contribution in [-0.2, 0) is 14.8 Å². The average molecular weight is 310 g/mol. The van der Waals surface area contributed by atoms with Crippen molar-refractivity contribution in [3.63, 3.8) is 0 Å². The number of H-pyrrole nitrogens is 1. The molecule has 0 radical (unpaired) electrons. The van der Waals surface area contributed by atoms with Crippen LogP contribution in [0, 0.1) is 13.8 Å². The number of likely N-dealkylation sites (N-methyl/N-ethyl adjacent to an activating group) is 1. The lowest BCUT2D eigenvalue weighted by atomic mass is 10.4. The van der Waals surface area contributed by atoms with Crippen molar-refractivity contribution in [3.05, 3.63) is 11.4 Å². The first-order chi connectivity index (χ1) is 8.95. The Morgan fingerprint density at radius 2 is 2.05 bits per heavy atom. The molecule has 110 valence electrons. The normalized spacial score (nSPS) is 12.3. The number of aromatic amines is 1. The van der Waals surface area contributed by atoms with Crippen molar-refractivity contribution in [1.29, 1.82) is 0 Å². The van der Waals surface area contributed by atoms with Gasteiger partial charge in [-0.05, 0) is 13.8 Å². The Hall–Kier alpha value is -0.630. The van der Waals surface area contributed by atoms with E-state index in [1.165, 1.54) is 4.31 Å². The minimum absolute atomic E-state index is 0.256. The van der Waals surface area contributed by atoms with Crippen LogP contribution in [0.25, 0.3) is 0 Å². The van der Waals surface area contributed by atoms with Crippen molar-refractivity contribution in [2.45, 2.75) is 25.7 Å². The molecule has 1 N–H and O–H groups in total. The molecule has 1 aromatic heterocycles. The lowest BCUT2D eigenvalue weighted by molar-refractivity contribution is 0.137. The Morgan fingerprint density at radius 3 is 2.53 bits per heavy atom. The van der Waals surface area contributed by atoms with Gasteiger partial charge in [0.05, 0.1) is 24.6 Å². The first-order valence-electron chi connectivity index (χ1n) is 6.10. The third-order valence-corrected chi connectivity index (χ3v) is 5.11. The van der Waals surface area contributed by atoms with Crippen LogP contribution in [-0.4, -0.2) is 55.1 Å². The largest absolute Gasteiger partial charge is 0.379 e. The summed E-state index contributed by atoms with van der Waals surface area (Å²) in [6.45, 7) is 6.61. The van der Waals surface area contributed by atoms with E-state index in [0.29, 0.717) is 43.6 Å². The van der Waals surface area contributed by atoms with Crippen molar-refractivity contribution < 1.29 is 13.2 Å². The number of halogens is 1. The maximum atomic E-state index is 12.5. The maximum Gasteiger partial charge on any atom is 0.246 e. The van der Waals surface area contributed by atoms with E-state index in [0.717, 1.165) is 0 Å². The highest BCUT2D eigenvalue weighted by molar-refractivity contribution is 7.89. The van der Waals surface area contributed by atoms with Gasteiger partial charge in [-0.3, -0.25) is 5.10 Å². The summed E-state index contributed by atoms with van der Waals surface area (Å²) < 4.78 is 31.6. The first-order valence-corrected chi connectivity index (χ1v) is 8.08. The standard InChI is InChI=1S/C11H20ClN3O3S/c1-4-15(6-8-18-7-5-12)19(16,17)11-9(2)13-14-10(11)3/h4-8H2,1-3H3,(H,13,14). The number of sulfonamides is 1. The maximum absolute atomic E-state index is 12.5. The van der Waals surface area contributed by atoms with Crippen LogP contribution in [0.15, 0.2) is 4.90 Å². The fourth-order valence-corrected chi connectivity index (χ4v) is 3.69. The highest BCUT2D eigenvalue weighted by Gasteiger charge is 2.28. The fraction of sp³-hybridized carbons (Fsp3) is 0.727. The van der Waals surface area contributed by atoms with E-state index < -0.39 is 10.0 Å². The topological polar surface area (TPSA) is 75.3 Å². The molecular weight excluding hydrogens is 290 g/mol. The zero-order valence-corrected chi connectivity index (χ0v) is 13.0.